The zero-order valence-electron chi connectivity index (χ0n) is 11.2. The number of hydrogen-bond donors (Lipinski definition) is 1. The van der Waals surface area contributed by atoms with Crippen molar-refractivity contribution in [2.45, 2.75) is 6.42 Å². The number of rotatable bonds is 4. The van der Waals surface area contributed by atoms with Gasteiger partial charge < -0.3 is 9.88 Å². The Labute approximate surface area is 116 Å². The Bertz CT molecular complexity index is 696. The third-order valence-electron chi connectivity index (χ3n) is 3.30. The molecule has 0 saturated heterocycles. The monoisotopic (exact) mass is 271 g/mol. The largest absolute Gasteiger partial charge is 0.350 e. The average molecular weight is 271 g/mol. The molecule has 1 N–H and O–H groups in total. The number of thiazole rings is 1. The van der Waals surface area contributed by atoms with E-state index in [1.165, 1.54) is 26.4 Å². The summed E-state index contributed by atoms with van der Waals surface area (Å²) in [6, 6.07) is 8.51. The van der Waals surface area contributed by atoms with E-state index in [9.17, 15) is 0 Å². The normalized spacial score (nSPS) is 11.3. The summed E-state index contributed by atoms with van der Waals surface area (Å²) in [5, 5.41) is 5.65. The minimum atomic E-state index is 0.975. The van der Waals surface area contributed by atoms with Crippen LogP contribution in [0.4, 0.5) is 0 Å². The van der Waals surface area contributed by atoms with Gasteiger partial charge in [0.1, 0.15) is 0 Å². The molecule has 0 fully saturated rings. The quantitative estimate of drug-likeness (QED) is 0.790. The Balaban J connectivity index is 2.02. The van der Waals surface area contributed by atoms with Crippen molar-refractivity contribution >= 4 is 22.2 Å². The summed E-state index contributed by atoms with van der Waals surface area (Å²) in [6.45, 7) is 0.975. The van der Waals surface area contributed by atoms with Crippen LogP contribution in [0.5, 0.6) is 0 Å². The van der Waals surface area contributed by atoms with Crippen molar-refractivity contribution in [1.82, 2.24) is 14.9 Å². The number of hydrogen-bond acceptors (Lipinski definition) is 3. The molecular weight excluding hydrogens is 254 g/mol. The number of benzene rings is 1. The predicted molar refractivity (Wildman–Crippen MR) is 81.7 cm³/mol. The van der Waals surface area contributed by atoms with Crippen LogP contribution in [-0.2, 0) is 13.5 Å². The zero-order chi connectivity index (χ0) is 13.2. The Hall–Kier alpha value is -1.65. The lowest BCUT2D eigenvalue weighted by Crippen LogP contribution is -2.09. The molecule has 2 heterocycles. The van der Waals surface area contributed by atoms with Gasteiger partial charge in [-0.15, -0.1) is 11.3 Å². The topological polar surface area (TPSA) is 29.9 Å². The van der Waals surface area contributed by atoms with Gasteiger partial charge in [0, 0.05) is 48.9 Å². The van der Waals surface area contributed by atoms with Crippen LogP contribution in [-0.4, -0.2) is 23.1 Å². The fourth-order valence-electron chi connectivity index (χ4n) is 2.32. The first kappa shape index (κ1) is 12.4. The second kappa shape index (κ2) is 5.15. The molecule has 3 aromatic rings. The molecule has 3 rings (SSSR count). The van der Waals surface area contributed by atoms with E-state index in [2.05, 4.69) is 52.4 Å². The van der Waals surface area contributed by atoms with Crippen molar-refractivity contribution in [3.8, 4) is 10.4 Å². The standard InChI is InChI=1S/C15H17N3S/c1-16-8-7-15-17-9-14(19-15)12-10-18(2)13-6-4-3-5-11(12)13/h3-6,9-10,16H,7-8H2,1-2H3. The summed E-state index contributed by atoms with van der Waals surface area (Å²) in [4.78, 5) is 5.77. The first-order valence-electron chi connectivity index (χ1n) is 6.43. The van der Waals surface area contributed by atoms with Gasteiger partial charge in [-0.2, -0.15) is 0 Å². The van der Waals surface area contributed by atoms with Crippen molar-refractivity contribution < 1.29 is 0 Å². The molecule has 0 aliphatic heterocycles. The van der Waals surface area contributed by atoms with Gasteiger partial charge in [-0.1, -0.05) is 18.2 Å². The van der Waals surface area contributed by atoms with Gasteiger partial charge in [0.15, 0.2) is 0 Å². The molecule has 0 aliphatic carbocycles. The molecule has 3 nitrogen and oxygen atoms in total. The maximum absolute atomic E-state index is 4.52. The Morgan fingerprint density at radius 2 is 2.16 bits per heavy atom. The van der Waals surface area contributed by atoms with Gasteiger partial charge in [0.05, 0.1) is 9.88 Å². The first-order chi connectivity index (χ1) is 9.29. The van der Waals surface area contributed by atoms with E-state index < -0.39 is 0 Å². The SMILES string of the molecule is CNCCc1ncc(-c2cn(C)c3ccccc23)s1. The number of aromatic nitrogens is 2. The van der Waals surface area contributed by atoms with Crippen molar-refractivity contribution in [1.29, 1.82) is 0 Å². The third-order valence-corrected chi connectivity index (χ3v) is 4.40. The lowest BCUT2D eigenvalue weighted by Gasteiger charge is -1.94. The van der Waals surface area contributed by atoms with E-state index in [4.69, 9.17) is 0 Å². The first-order valence-corrected chi connectivity index (χ1v) is 7.25. The highest BCUT2D eigenvalue weighted by atomic mass is 32.1. The average Bonchev–Trinajstić information content (AvgIpc) is 3.02. The molecule has 98 valence electrons. The molecule has 0 bridgehead atoms. The Morgan fingerprint density at radius 1 is 1.32 bits per heavy atom. The molecule has 2 aromatic heterocycles. The van der Waals surface area contributed by atoms with Gasteiger partial charge >= 0.3 is 0 Å². The summed E-state index contributed by atoms with van der Waals surface area (Å²) < 4.78 is 2.18. The third kappa shape index (κ3) is 2.29. The van der Waals surface area contributed by atoms with Crippen LogP contribution in [0.15, 0.2) is 36.7 Å². The number of likely N-dealkylation sites (N-methyl/N-ethyl adjacent to an activating group) is 1. The van der Waals surface area contributed by atoms with Crippen molar-refractivity contribution in [2.24, 2.45) is 7.05 Å². The van der Waals surface area contributed by atoms with E-state index in [-0.39, 0.29) is 0 Å². The van der Waals surface area contributed by atoms with E-state index in [1.807, 2.05) is 13.2 Å². The van der Waals surface area contributed by atoms with E-state index in [1.54, 1.807) is 11.3 Å². The van der Waals surface area contributed by atoms with Crippen LogP contribution < -0.4 is 5.32 Å². The summed E-state index contributed by atoms with van der Waals surface area (Å²) in [5.41, 5.74) is 2.55. The van der Waals surface area contributed by atoms with Gasteiger partial charge in [0.25, 0.3) is 0 Å². The van der Waals surface area contributed by atoms with Crippen LogP contribution in [0, 0.1) is 0 Å². The summed E-state index contributed by atoms with van der Waals surface area (Å²) in [7, 11) is 4.06. The number of nitrogens with one attached hydrogen (secondary N) is 1. The lowest BCUT2D eigenvalue weighted by atomic mass is 10.1. The molecular formula is C15H17N3S. The smallest absolute Gasteiger partial charge is 0.0943 e. The predicted octanol–water partition coefficient (Wildman–Crippen LogP) is 3.06. The highest BCUT2D eigenvalue weighted by molar-refractivity contribution is 7.15. The number of aryl methyl sites for hydroxylation is 1. The minimum Gasteiger partial charge on any atom is -0.350 e. The summed E-state index contributed by atoms with van der Waals surface area (Å²) in [5.74, 6) is 0. The molecule has 4 heteroatoms. The van der Waals surface area contributed by atoms with Gasteiger partial charge in [-0.05, 0) is 13.1 Å². The van der Waals surface area contributed by atoms with Gasteiger partial charge in [-0.25, -0.2) is 4.98 Å². The lowest BCUT2D eigenvalue weighted by molar-refractivity contribution is 0.787. The summed E-state index contributed by atoms with van der Waals surface area (Å²) in [6.07, 6.45) is 5.18. The number of fused-ring (bicyclic) bond motifs is 1. The van der Waals surface area contributed by atoms with E-state index in [0.717, 1.165) is 13.0 Å². The van der Waals surface area contributed by atoms with Crippen LogP contribution >= 0.6 is 11.3 Å². The van der Waals surface area contributed by atoms with Crippen molar-refractivity contribution in [3.05, 3.63) is 41.7 Å². The Kier molecular flexibility index (Phi) is 3.36. The molecule has 0 radical (unpaired) electrons. The molecule has 0 spiro atoms. The summed E-state index contributed by atoms with van der Waals surface area (Å²) >= 11 is 1.79. The highest BCUT2D eigenvalue weighted by Crippen LogP contribution is 2.33. The molecule has 0 unspecified atom stereocenters. The number of para-hydroxylation sites is 1. The number of nitrogens with zero attached hydrogens (tertiary/aromatic N) is 2. The molecule has 0 aliphatic rings. The second-order valence-corrected chi connectivity index (χ2v) is 5.76. The van der Waals surface area contributed by atoms with Crippen LogP contribution in [0.25, 0.3) is 21.3 Å². The van der Waals surface area contributed by atoms with Crippen LogP contribution in [0.3, 0.4) is 0 Å². The second-order valence-electron chi connectivity index (χ2n) is 4.64. The van der Waals surface area contributed by atoms with Crippen molar-refractivity contribution in [3.63, 3.8) is 0 Å². The van der Waals surface area contributed by atoms with Gasteiger partial charge in [0.2, 0.25) is 0 Å². The Morgan fingerprint density at radius 3 is 3.00 bits per heavy atom. The van der Waals surface area contributed by atoms with Crippen LogP contribution in [0.2, 0.25) is 0 Å². The fraction of sp³-hybridized carbons (Fsp3) is 0.267. The zero-order valence-corrected chi connectivity index (χ0v) is 12.0. The molecule has 1 aromatic carbocycles. The van der Waals surface area contributed by atoms with Gasteiger partial charge in [-0.3, -0.25) is 0 Å². The minimum absolute atomic E-state index is 0.975. The molecule has 0 amide bonds. The molecule has 0 atom stereocenters. The highest BCUT2D eigenvalue weighted by Gasteiger charge is 2.11. The van der Waals surface area contributed by atoms with Crippen molar-refractivity contribution in [2.75, 3.05) is 13.6 Å². The molecule has 19 heavy (non-hydrogen) atoms. The maximum atomic E-state index is 4.52. The van der Waals surface area contributed by atoms with E-state index >= 15 is 0 Å². The fourth-order valence-corrected chi connectivity index (χ4v) is 3.26. The molecule has 0 saturated carbocycles. The maximum Gasteiger partial charge on any atom is 0.0943 e. The van der Waals surface area contributed by atoms with E-state index in [0.29, 0.717) is 0 Å². The van der Waals surface area contributed by atoms with Crippen LogP contribution in [0.1, 0.15) is 5.01 Å².